The summed E-state index contributed by atoms with van der Waals surface area (Å²) in [5.74, 6) is 1.71. The van der Waals surface area contributed by atoms with Crippen LogP contribution in [0.2, 0.25) is 0 Å². The van der Waals surface area contributed by atoms with Crippen LogP contribution in [0.1, 0.15) is 44.3 Å². The molecule has 2 rings (SSSR count). The number of aliphatic hydroxyl groups excluding tert-OH is 1. The third kappa shape index (κ3) is 2.84. The first-order valence-corrected chi connectivity index (χ1v) is 7.38. The van der Waals surface area contributed by atoms with Crippen molar-refractivity contribution < 1.29 is 14.6 Å². The predicted molar refractivity (Wildman–Crippen MR) is 80.2 cm³/mol. The van der Waals surface area contributed by atoms with Crippen molar-refractivity contribution in [3.8, 4) is 17.6 Å². The lowest BCUT2D eigenvalue weighted by molar-refractivity contribution is 0.0248. The molecule has 0 radical (unpaired) electrons. The number of ether oxygens (including phenoxy) is 2. The highest BCUT2D eigenvalue weighted by molar-refractivity contribution is 5.48. The highest BCUT2D eigenvalue weighted by atomic mass is 16.5. The quantitative estimate of drug-likeness (QED) is 0.922. The van der Waals surface area contributed by atoms with E-state index in [1.807, 2.05) is 12.1 Å². The van der Waals surface area contributed by atoms with E-state index >= 15 is 0 Å². The van der Waals surface area contributed by atoms with Gasteiger partial charge in [-0.25, -0.2) is 0 Å². The molecule has 4 heteroatoms. The molecule has 1 aromatic rings. The van der Waals surface area contributed by atoms with Gasteiger partial charge < -0.3 is 14.6 Å². The SMILES string of the molecule is COc1cccc(C(O)C2(C#N)CCC(C)CC2)c1OC. The number of aliphatic hydroxyl groups is 1. The topological polar surface area (TPSA) is 62.5 Å². The van der Waals surface area contributed by atoms with Crippen LogP contribution in [0.5, 0.6) is 11.5 Å². The van der Waals surface area contributed by atoms with Crippen molar-refractivity contribution in [1.82, 2.24) is 0 Å². The van der Waals surface area contributed by atoms with Crippen LogP contribution in [0.15, 0.2) is 18.2 Å². The first-order valence-electron chi connectivity index (χ1n) is 7.38. The maximum Gasteiger partial charge on any atom is 0.166 e. The number of para-hydroxylation sites is 1. The summed E-state index contributed by atoms with van der Waals surface area (Å²) in [4.78, 5) is 0. The zero-order chi connectivity index (χ0) is 15.5. The van der Waals surface area contributed by atoms with Crippen LogP contribution in [-0.2, 0) is 0 Å². The van der Waals surface area contributed by atoms with Gasteiger partial charge in [-0.05, 0) is 37.7 Å². The monoisotopic (exact) mass is 289 g/mol. The van der Waals surface area contributed by atoms with Gasteiger partial charge in [0.05, 0.1) is 25.7 Å². The lowest BCUT2D eigenvalue weighted by atomic mass is 9.67. The van der Waals surface area contributed by atoms with Crippen LogP contribution < -0.4 is 9.47 Å². The van der Waals surface area contributed by atoms with E-state index in [-0.39, 0.29) is 0 Å². The van der Waals surface area contributed by atoms with E-state index in [0.717, 1.165) is 12.8 Å². The van der Waals surface area contributed by atoms with E-state index < -0.39 is 11.5 Å². The van der Waals surface area contributed by atoms with Crippen molar-refractivity contribution in [2.24, 2.45) is 11.3 Å². The first-order chi connectivity index (χ1) is 10.1. The van der Waals surface area contributed by atoms with Crippen LogP contribution in [0.4, 0.5) is 0 Å². The van der Waals surface area contributed by atoms with E-state index in [4.69, 9.17) is 9.47 Å². The molecule has 0 saturated heterocycles. The molecule has 1 aliphatic carbocycles. The van der Waals surface area contributed by atoms with Gasteiger partial charge in [-0.15, -0.1) is 0 Å². The number of hydrogen-bond acceptors (Lipinski definition) is 4. The molecule has 0 heterocycles. The van der Waals surface area contributed by atoms with Gasteiger partial charge in [0.25, 0.3) is 0 Å². The van der Waals surface area contributed by atoms with Gasteiger partial charge in [0.1, 0.15) is 6.10 Å². The second-order valence-electron chi connectivity index (χ2n) is 5.94. The zero-order valence-corrected chi connectivity index (χ0v) is 12.9. The second-order valence-corrected chi connectivity index (χ2v) is 5.94. The highest BCUT2D eigenvalue weighted by Gasteiger charge is 2.43. The number of rotatable bonds is 4. The Labute approximate surface area is 126 Å². The molecule has 0 amide bonds. The standard InChI is InChI=1S/C17H23NO3/c1-12-7-9-17(11-18,10-8-12)16(19)13-5-4-6-14(20-2)15(13)21-3/h4-6,12,16,19H,7-10H2,1-3H3. The Morgan fingerprint density at radius 2 is 1.95 bits per heavy atom. The number of methoxy groups -OCH3 is 2. The Balaban J connectivity index is 2.39. The van der Waals surface area contributed by atoms with E-state index in [9.17, 15) is 10.4 Å². The van der Waals surface area contributed by atoms with Crippen LogP contribution >= 0.6 is 0 Å². The van der Waals surface area contributed by atoms with Crippen molar-refractivity contribution in [1.29, 1.82) is 5.26 Å². The summed E-state index contributed by atoms with van der Waals surface area (Å²) in [7, 11) is 3.12. The molecule has 0 bridgehead atoms. The van der Waals surface area contributed by atoms with E-state index in [1.54, 1.807) is 20.3 Å². The average Bonchev–Trinajstić information content (AvgIpc) is 2.54. The fourth-order valence-electron chi connectivity index (χ4n) is 3.15. The van der Waals surface area contributed by atoms with Crippen LogP contribution in [0.3, 0.4) is 0 Å². The van der Waals surface area contributed by atoms with Crippen molar-refractivity contribution in [3.63, 3.8) is 0 Å². The number of benzene rings is 1. The highest BCUT2D eigenvalue weighted by Crippen LogP contribution is 2.50. The number of hydrogen-bond donors (Lipinski definition) is 1. The molecule has 1 unspecified atom stereocenters. The van der Waals surface area contributed by atoms with Gasteiger partial charge >= 0.3 is 0 Å². The van der Waals surface area contributed by atoms with Crippen molar-refractivity contribution >= 4 is 0 Å². The van der Waals surface area contributed by atoms with Crippen molar-refractivity contribution in [2.75, 3.05) is 14.2 Å². The van der Waals surface area contributed by atoms with E-state index in [2.05, 4.69) is 13.0 Å². The van der Waals surface area contributed by atoms with Crippen molar-refractivity contribution in [3.05, 3.63) is 23.8 Å². The molecule has 0 aliphatic heterocycles. The minimum atomic E-state index is -0.861. The Morgan fingerprint density at radius 3 is 2.48 bits per heavy atom. The Bertz CT molecular complexity index is 527. The fourth-order valence-corrected chi connectivity index (χ4v) is 3.15. The Hall–Kier alpha value is -1.73. The van der Waals surface area contributed by atoms with Gasteiger partial charge in [0.15, 0.2) is 11.5 Å². The fraction of sp³-hybridized carbons (Fsp3) is 0.588. The molecule has 1 aromatic carbocycles. The summed E-state index contributed by atoms with van der Waals surface area (Å²) < 4.78 is 10.7. The Kier molecular flexibility index (Phi) is 4.74. The molecule has 1 atom stereocenters. The van der Waals surface area contributed by atoms with Gasteiger partial charge in [0, 0.05) is 5.56 Å². The van der Waals surface area contributed by atoms with Gasteiger partial charge in [-0.3, -0.25) is 0 Å². The molecule has 21 heavy (non-hydrogen) atoms. The molecular weight excluding hydrogens is 266 g/mol. The maximum absolute atomic E-state index is 10.9. The van der Waals surface area contributed by atoms with Crippen molar-refractivity contribution in [2.45, 2.75) is 38.7 Å². The normalized spacial score (nSPS) is 26.7. The molecule has 1 fully saturated rings. The van der Waals surface area contributed by atoms with Gasteiger partial charge in [0.2, 0.25) is 0 Å². The molecule has 4 nitrogen and oxygen atoms in total. The van der Waals surface area contributed by atoms with Crippen LogP contribution in [-0.4, -0.2) is 19.3 Å². The summed E-state index contributed by atoms with van der Waals surface area (Å²) in [5, 5.41) is 20.5. The third-order valence-electron chi connectivity index (χ3n) is 4.64. The average molecular weight is 289 g/mol. The number of nitriles is 1. The molecule has 0 aromatic heterocycles. The molecule has 114 valence electrons. The number of nitrogens with zero attached hydrogens (tertiary/aromatic N) is 1. The van der Waals surface area contributed by atoms with Crippen LogP contribution in [0, 0.1) is 22.7 Å². The molecule has 1 N–H and O–H groups in total. The largest absolute Gasteiger partial charge is 0.493 e. The lowest BCUT2D eigenvalue weighted by Crippen LogP contribution is -2.32. The van der Waals surface area contributed by atoms with Crippen LogP contribution in [0.25, 0.3) is 0 Å². The first kappa shape index (κ1) is 15.7. The maximum atomic E-state index is 10.9. The van der Waals surface area contributed by atoms with Gasteiger partial charge in [-0.2, -0.15) is 5.26 Å². The minimum Gasteiger partial charge on any atom is -0.493 e. The predicted octanol–water partition coefficient (Wildman–Crippen LogP) is 3.46. The summed E-state index contributed by atoms with van der Waals surface area (Å²) in [5.41, 5.74) is -0.0976. The summed E-state index contributed by atoms with van der Waals surface area (Å²) in [6, 6.07) is 7.79. The third-order valence-corrected chi connectivity index (χ3v) is 4.64. The van der Waals surface area contributed by atoms with E-state index in [1.165, 1.54) is 0 Å². The summed E-state index contributed by atoms with van der Waals surface area (Å²) in [6.07, 6.45) is 2.51. The molecule has 1 saturated carbocycles. The zero-order valence-electron chi connectivity index (χ0n) is 12.9. The molecular formula is C17H23NO3. The second kappa shape index (κ2) is 6.36. The summed E-state index contributed by atoms with van der Waals surface area (Å²) >= 11 is 0. The molecule has 0 spiro atoms. The lowest BCUT2D eigenvalue weighted by Gasteiger charge is -2.37. The van der Waals surface area contributed by atoms with Gasteiger partial charge in [-0.1, -0.05) is 19.1 Å². The Morgan fingerprint density at radius 1 is 1.29 bits per heavy atom. The smallest absolute Gasteiger partial charge is 0.166 e. The van der Waals surface area contributed by atoms with E-state index in [0.29, 0.717) is 35.8 Å². The minimum absolute atomic E-state index is 0.515. The molecule has 1 aliphatic rings. The summed E-state index contributed by atoms with van der Waals surface area (Å²) in [6.45, 7) is 2.19.